The normalized spacial score (nSPS) is 17.4. The maximum absolute atomic E-state index is 12.2. The van der Waals surface area contributed by atoms with Crippen LogP contribution in [0, 0.1) is 6.92 Å². The number of carbonyl (C=O) groups excluding carboxylic acids is 1. The molecule has 19 heavy (non-hydrogen) atoms. The van der Waals surface area contributed by atoms with Gasteiger partial charge in [-0.05, 0) is 30.9 Å². The molecular weight excluding hydrogens is 260 g/mol. The largest absolute Gasteiger partial charge is 0.350 e. The summed E-state index contributed by atoms with van der Waals surface area (Å²) in [5.74, 6) is 0.00505. The molecule has 0 unspecified atom stereocenters. The number of rotatable bonds is 3. The summed E-state index contributed by atoms with van der Waals surface area (Å²) < 4.78 is 0. The van der Waals surface area contributed by atoms with Crippen LogP contribution in [0.15, 0.2) is 24.3 Å². The average molecular weight is 283 g/mol. The van der Waals surface area contributed by atoms with Gasteiger partial charge >= 0.3 is 0 Å². The zero-order chi connectivity index (χ0) is 13.0. The summed E-state index contributed by atoms with van der Waals surface area (Å²) >= 11 is 0. The van der Waals surface area contributed by atoms with E-state index in [4.69, 9.17) is 5.73 Å². The van der Waals surface area contributed by atoms with Crippen molar-refractivity contribution in [2.45, 2.75) is 51.1 Å². The molecule has 0 spiro atoms. The summed E-state index contributed by atoms with van der Waals surface area (Å²) in [7, 11) is 0. The van der Waals surface area contributed by atoms with Crippen LogP contribution in [0.5, 0.6) is 0 Å². The summed E-state index contributed by atoms with van der Waals surface area (Å²) in [6.07, 6.45) is 4.95. The van der Waals surface area contributed by atoms with Gasteiger partial charge in [0.25, 0.3) is 0 Å². The number of carbonyl (C=O) groups is 1. The quantitative estimate of drug-likeness (QED) is 0.896. The molecule has 0 radical (unpaired) electrons. The monoisotopic (exact) mass is 282 g/mol. The van der Waals surface area contributed by atoms with Gasteiger partial charge in [0.15, 0.2) is 0 Å². The number of nitrogens with one attached hydrogen (secondary N) is 1. The maximum Gasteiger partial charge on any atom is 0.240 e. The first kappa shape index (κ1) is 16.0. The molecule has 1 aliphatic rings. The molecule has 1 aromatic rings. The second-order valence-electron chi connectivity index (χ2n) is 5.33. The van der Waals surface area contributed by atoms with E-state index in [1.165, 1.54) is 12.0 Å². The van der Waals surface area contributed by atoms with Crippen molar-refractivity contribution < 1.29 is 4.79 Å². The first-order valence-electron chi connectivity index (χ1n) is 6.73. The van der Waals surface area contributed by atoms with E-state index in [1.54, 1.807) is 0 Å². The molecule has 1 aliphatic carbocycles. The number of halogens is 1. The van der Waals surface area contributed by atoms with Crippen molar-refractivity contribution in [3.05, 3.63) is 35.4 Å². The van der Waals surface area contributed by atoms with Crippen molar-refractivity contribution in [3.63, 3.8) is 0 Å². The number of nitrogens with two attached hydrogens (primary N) is 1. The van der Waals surface area contributed by atoms with Crippen LogP contribution in [0.4, 0.5) is 0 Å². The van der Waals surface area contributed by atoms with Gasteiger partial charge in [0.05, 0.1) is 5.54 Å². The van der Waals surface area contributed by atoms with E-state index < -0.39 is 5.54 Å². The Kier molecular flexibility index (Phi) is 5.83. The SMILES string of the molecule is Cc1ccccc1CNC(=O)C1(N)CCCCC1.Cl. The Morgan fingerprint density at radius 1 is 1.26 bits per heavy atom. The highest BCUT2D eigenvalue weighted by molar-refractivity contribution is 5.86. The van der Waals surface area contributed by atoms with Crippen molar-refractivity contribution in [1.82, 2.24) is 5.32 Å². The van der Waals surface area contributed by atoms with Gasteiger partial charge in [-0.3, -0.25) is 4.79 Å². The van der Waals surface area contributed by atoms with Crippen LogP contribution in [-0.2, 0) is 11.3 Å². The van der Waals surface area contributed by atoms with Gasteiger partial charge in [0, 0.05) is 6.54 Å². The Morgan fingerprint density at radius 2 is 1.89 bits per heavy atom. The van der Waals surface area contributed by atoms with E-state index in [2.05, 4.69) is 18.3 Å². The van der Waals surface area contributed by atoms with Gasteiger partial charge in [-0.1, -0.05) is 43.5 Å². The van der Waals surface area contributed by atoms with Crippen molar-refractivity contribution in [2.75, 3.05) is 0 Å². The van der Waals surface area contributed by atoms with Crippen molar-refractivity contribution >= 4 is 18.3 Å². The van der Waals surface area contributed by atoms with E-state index in [0.717, 1.165) is 31.2 Å². The Balaban J connectivity index is 0.00000180. The third kappa shape index (κ3) is 3.95. The molecule has 0 aliphatic heterocycles. The Bertz CT molecular complexity index is 428. The van der Waals surface area contributed by atoms with Gasteiger partial charge in [0.2, 0.25) is 5.91 Å². The molecule has 1 saturated carbocycles. The van der Waals surface area contributed by atoms with Crippen LogP contribution in [-0.4, -0.2) is 11.4 Å². The minimum Gasteiger partial charge on any atom is -0.350 e. The van der Waals surface area contributed by atoms with E-state index in [-0.39, 0.29) is 18.3 Å². The molecule has 0 atom stereocenters. The predicted molar refractivity (Wildman–Crippen MR) is 80.3 cm³/mol. The molecule has 2 rings (SSSR count). The zero-order valence-corrected chi connectivity index (χ0v) is 12.3. The summed E-state index contributed by atoms with van der Waals surface area (Å²) in [6.45, 7) is 2.63. The summed E-state index contributed by atoms with van der Waals surface area (Å²) in [5, 5.41) is 2.99. The Hall–Kier alpha value is -1.06. The molecular formula is C15H23ClN2O. The molecule has 1 aromatic carbocycles. The number of hydrogen-bond donors (Lipinski definition) is 2. The number of aryl methyl sites for hydroxylation is 1. The first-order chi connectivity index (χ1) is 8.62. The molecule has 0 aromatic heterocycles. The van der Waals surface area contributed by atoms with E-state index in [0.29, 0.717) is 6.54 Å². The fourth-order valence-electron chi connectivity index (χ4n) is 2.57. The van der Waals surface area contributed by atoms with Gasteiger partial charge in [-0.15, -0.1) is 12.4 Å². The number of hydrogen-bond acceptors (Lipinski definition) is 2. The molecule has 0 bridgehead atoms. The van der Waals surface area contributed by atoms with Gasteiger partial charge in [-0.25, -0.2) is 0 Å². The standard InChI is InChI=1S/C15H22N2O.ClH/c1-12-7-3-4-8-13(12)11-17-14(18)15(16)9-5-2-6-10-15;/h3-4,7-8H,2,5-6,9-11,16H2,1H3,(H,17,18);1H. The average Bonchev–Trinajstić information content (AvgIpc) is 2.38. The minimum absolute atomic E-state index is 0. The maximum atomic E-state index is 12.2. The molecule has 4 heteroatoms. The topological polar surface area (TPSA) is 55.1 Å². The first-order valence-corrected chi connectivity index (χ1v) is 6.73. The highest BCUT2D eigenvalue weighted by atomic mass is 35.5. The lowest BCUT2D eigenvalue weighted by atomic mass is 9.82. The molecule has 0 heterocycles. The minimum atomic E-state index is -0.638. The lowest BCUT2D eigenvalue weighted by Crippen LogP contribution is -2.54. The predicted octanol–water partition coefficient (Wildman–Crippen LogP) is 2.69. The smallest absolute Gasteiger partial charge is 0.240 e. The fraction of sp³-hybridized carbons (Fsp3) is 0.533. The lowest BCUT2D eigenvalue weighted by Gasteiger charge is -2.31. The molecule has 106 valence electrons. The van der Waals surface area contributed by atoms with E-state index in [1.807, 2.05) is 18.2 Å². The third-order valence-electron chi connectivity index (χ3n) is 3.90. The van der Waals surface area contributed by atoms with E-state index in [9.17, 15) is 4.79 Å². The summed E-state index contributed by atoms with van der Waals surface area (Å²) in [4.78, 5) is 12.2. The van der Waals surface area contributed by atoms with Crippen LogP contribution >= 0.6 is 12.4 Å². The number of amides is 1. The summed E-state index contributed by atoms with van der Waals surface area (Å²) in [6, 6.07) is 8.10. The Labute approximate surface area is 121 Å². The highest BCUT2D eigenvalue weighted by Gasteiger charge is 2.34. The number of benzene rings is 1. The zero-order valence-electron chi connectivity index (χ0n) is 11.4. The van der Waals surface area contributed by atoms with Crippen molar-refractivity contribution in [3.8, 4) is 0 Å². The Morgan fingerprint density at radius 3 is 2.53 bits per heavy atom. The fourth-order valence-corrected chi connectivity index (χ4v) is 2.57. The van der Waals surface area contributed by atoms with Crippen LogP contribution in [0.2, 0.25) is 0 Å². The molecule has 1 fully saturated rings. The van der Waals surface area contributed by atoms with Crippen molar-refractivity contribution in [2.24, 2.45) is 5.73 Å². The van der Waals surface area contributed by atoms with Gasteiger partial charge < -0.3 is 11.1 Å². The van der Waals surface area contributed by atoms with Crippen LogP contribution in [0.3, 0.4) is 0 Å². The molecule has 0 saturated heterocycles. The second kappa shape index (κ2) is 6.92. The van der Waals surface area contributed by atoms with Crippen LogP contribution in [0.25, 0.3) is 0 Å². The molecule has 3 N–H and O–H groups in total. The third-order valence-corrected chi connectivity index (χ3v) is 3.90. The summed E-state index contributed by atoms with van der Waals surface area (Å²) in [5.41, 5.74) is 7.91. The van der Waals surface area contributed by atoms with Crippen LogP contribution in [0.1, 0.15) is 43.2 Å². The highest BCUT2D eigenvalue weighted by Crippen LogP contribution is 2.26. The van der Waals surface area contributed by atoms with Gasteiger partial charge in [0.1, 0.15) is 0 Å². The van der Waals surface area contributed by atoms with Crippen LogP contribution < -0.4 is 11.1 Å². The second-order valence-corrected chi connectivity index (χ2v) is 5.33. The lowest BCUT2D eigenvalue weighted by molar-refractivity contribution is -0.127. The molecule has 1 amide bonds. The molecule has 3 nitrogen and oxygen atoms in total. The van der Waals surface area contributed by atoms with Crippen molar-refractivity contribution in [1.29, 1.82) is 0 Å². The van der Waals surface area contributed by atoms with E-state index >= 15 is 0 Å². The van der Waals surface area contributed by atoms with Gasteiger partial charge in [-0.2, -0.15) is 0 Å².